The zero-order valence-corrected chi connectivity index (χ0v) is 9.71. The Morgan fingerprint density at radius 2 is 2.17 bits per heavy atom. The Morgan fingerprint density at radius 1 is 1.56 bits per heavy atom. The fourth-order valence-corrected chi connectivity index (χ4v) is 1.19. The Kier molecular flexibility index (Phi) is 3.93. The molecule has 0 unspecified atom stereocenters. The van der Waals surface area contributed by atoms with Crippen LogP contribution in [0.5, 0.6) is 0 Å². The van der Waals surface area contributed by atoms with Crippen LogP contribution in [0.3, 0.4) is 0 Å². The van der Waals surface area contributed by atoms with Crippen molar-refractivity contribution in [3.05, 3.63) is 33.6 Å². The summed E-state index contributed by atoms with van der Waals surface area (Å²) >= 11 is 0. The summed E-state index contributed by atoms with van der Waals surface area (Å²) in [4.78, 5) is 35.9. The van der Waals surface area contributed by atoms with Crippen LogP contribution in [0.15, 0.2) is 12.3 Å². The number of aryl methyl sites for hydroxylation is 1. The number of nitrogens with zero attached hydrogens (tertiary/aromatic N) is 2. The Hall–Kier alpha value is -2.51. The maximum absolute atomic E-state index is 11.7. The first-order chi connectivity index (χ1) is 8.32. The van der Waals surface area contributed by atoms with E-state index in [1.807, 2.05) is 0 Å². The number of aliphatic carboxylic acids is 1. The molecular weight excluding hydrogens is 242 g/mol. The Bertz CT molecular complexity index is 514. The van der Waals surface area contributed by atoms with Gasteiger partial charge >= 0.3 is 5.97 Å². The highest BCUT2D eigenvalue weighted by atomic mass is 16.6. The van der Waals surface area contributed by atoms with E-state index in [1.165, 1.54) is 13.8 Å². The minimum Gasteiger partial charge on any atom is -0.480 e. The zero-order valence-electron chi connectivity index (χ0n) is 9.71. The van der Waals surface area contributed by atoms with Gasteiger partial charge in [-0.3, -0.25) is 24.7 Å². The first-order valence-electron chi connectivity index (χ1n) is 4.97. The van der Waals surface area contributed by atoms with Crippen molar-refractivity contribution >= 4 is 17.6 Å². The van der Waals surface area contributed by atoms with Crippen molar-refractivity contribution in [3.63, 3.8) is 0 Å². The van der Waals surface area contributed by atoms with Crippen LogP contribution in [0.4, 0.5) is 5.69 Å². The fraction of sp³-hybridized carbons (Fsp3) is 0.300. The standard InChI is InChI=1S/C10H11N3O5/c1-5-8(3-7(4-11-5)13(17)18)9(14)12-6(2)10(15)16/h3-4,6H,1-2H3,(H,12,14)(H,15,16)/t6-/m1/s1. The lowest BCUT2D eigenvalue weighted by atomic mass is 10.1. The average Bonchev–Trinajstić information content (AvgIpc) is 2.28. The number of carboxylic acids is 1. The van der Waals surface area contributed by atoms with Crippen molar-refractivity contribution in [1.82, 2.24) is 10.3 Å². The molecule has 0 aliphatic heterocycles. The predicted octanol–water partition coefficient (Wildman–Crippen LogP) is 0.501. The molecule has 1 amide bonds. The van der Waals surface area contributed by atoms with Crippen LogP contribution in [-0.2, 0) is 4.79 Å². The van der Waals surface area contributed by atoms with E-state index in [1.54, 1.807) is 0 Å². The quantitative estimate of drug-likeness (QED) is 0.595. The van der Waals surface area contributed by atoms with Crippen molar-refractivity contribution in [3.8, 4) is 0 Å². The summed E-state index contributed by atoms with van der Waals surface area (Å²) in [5, 5.41) is 21.4. The number of nitrogens with one attached hydrogen (secondary N) is 1. The molecule has 18 heavy (non-hydrogen) atoms. The third-order valence-corrected chi connectivity index (χ3v) is 2.25. The van der Waals surface area contributed by atoms with E-state index in [-0.39, 0.29) is 16.9 Å². The smallest absolute Gasteiger partial charge is 0.325 e. The van der Waals surface area contributed by atoms with E-state index >= 15 is 0 Å². The third kappa shape index (κ3) is 3.00. The van der Waals surface area contributed by atoms with E-state index in [4.69, 9.17) is 5.11 Å². The Balaban J connectivity index is 3.01. The molecule has 1 rings (SSSR count). The highest BCUT2D eigenvalue weighted by molar-refractivity contribution is 5.97. The molecule has 0 bridgehead atoms. The minimum atomic E-state index is -1.20. The third-order valence-electron chi connectivity index (χ3n) is 2.25. The molecule has 0 aliphatic rings. The number of carbonyl (C=O) groups excluding carboxylic acids is 1. The molecule has 0 saturated carbocycles. The van der Waals surface area contributed by atoms with Crippen molar-refractivity contribution in [2.45, 2.75) is 19.9 Å². The molecule has 1 heterocycles. The van der Waals surface area contributed by atoms with Gasteiger partial charge in [-0.15, -0.1) is 0 Å². The summed E-state index contributed by atoms with van der Waals surface area (Å²) in [7, 11) is 0. The number of rotatable bonds is 4. The molecule has 0 spiro atoms. The molecule has 96 valence electrons. The van der Waals surface area contributed by atoms with Gasteiger partial charge < -0.3 is 10.4 Å². The number of amides is 1. The first kappa shape index (κ1) is 13.6. The lowest BCUT2D eigenvalue weighted by molar-refractivity contribution is -0.385. The number of pyridine rings is 1. The van der Waals surface area contributed by atoms with Gasteiger partial charge in [-0.1, -0.05) is 0 Å². The summed E-state index contributed by atoms with van der Waals surface area (Å²) in [5.74, 6) is -1.90. The molecule has 1 atom stereocenters. The summed E-state index contributed by atoms with van der Waals surface area (Å²) < 4.78 is 0. The normalized spacial score (nSPS) is 11.7. The lowest BCUT2D eigenvalue weighted by Crippen LogP contribution is -2.38. The minimum absolute atomic E-state index is 0.0164. The van der Waals surface area contributed by atoms with Crippen molar-refractivity contribution in [1.29, 1.82) is 0 Å². The second-order valence-electron chi connectivity index (χ2n) is 3.62. The van der Waals surface area contributed by atoms with Gasteiger partial charge in [0, 0.05) is 6.07 Å². The molecule has 2 N–H and O–H groups in total. The molecule has 0 fully saturated rings. The zero-order chi connectivity index (χ0) is 13.9. The van der Waals surface area contributed by atoms with E-state index in [0.29, 0.717) is 0 Å². The number of hydrogen-bond donors (Lipinski definition) is 2. The number of aromatic nitrogens is 1. The van der Waals surface area contributed by atoms with E-state index in [9.17, 15) is 19.7 Å². The van der Waals surface area contributed by atoms with E-state index in [0.717, 1.165) is 12.3 Å². The van der Waals surface area contributed by atoms with E-state index < -0.39 is 22.8 Å². The molecule has 1 aromatic rings. The fourth-order valence-electron chi connectivity index (χ4n) is 1.19. The van der Waals surface area contributed by atoms with Gasteiger partial charge in [-0.05, 0) is 13.8 Å². The maximum atomic E-state index is 11.7. The summed E-state index contributed by atoms with van der Waals surface area (Å²) in [6, 6.07) is -0.0251. The largest absolute Gasteiger partial charge is 0.480 e. The van der Waals surface area contributed by atoms with Crippen LogP contribution in [0.2, 0.25) is 0 Å². The van der Waals surface area contributed by atoms with Gasteiger partial charge in [0.1, 0.15) is 12.2 Å². The molecule has 0 radical (unpaired) electrons. The molecule has 8 nitrogen and oxygen atoms in total. The second-order valence-corrected chi connectivity index (χ2v) is 3.62. The van der Waals surface area contributed by atoms with Crippen LogP contribution in [0.25, 0.3) is 0 Å². The van der Waals surface area contributed by atoms with Gasteiger partial charge in [-0.2, -0.15) is 0 Å². The van der Waals surface area contributed by atoms with Crippen LogP contribution >= 0.6 is 0 Å². The summed E-state index contributed by atoms with van der Waals surface area (Å²) in [6.07, 6.45) is 1.03. The second kappa shape index (κ2) is 5.21. The SMILES string of the molecule is Cc1ncc([N+](=O)[O-])cc1C(=O)N[C@H](C)C(=O)O. The predicted molar refractivity (Wildman–Crippen MR) is 60.2 cm³/mol. The molecule has 8 heteroatoms. The molecule has 0 aliphatic carbocycles. The van der Waals surface area contributed by atoms with Gasteiger partial charge in [0.15, 0.2) is 0 Å². The number of nitro groups is 1. The van der Waals surface area contributed by atoms with Crippen molar-refractivity contribution in [2.75, 3.05) is 0 Å². The van der Waals surface area contributed by atoms with E-state index in [2.05, 4.69) is 10.3 Å². The average molecular weight is 253 g/mol. The van der Waals surface area contributed by atoms with Crippen molar-refractivity contribution < 1.29 is 19.6 Å². The van der Waals surface area contributed by atoms with Crippen LogP contribution < -0.4 is 5.32 Å². The molecule has 0 aromatic carbocycles. The topological polar surface area (TPSA) is 122 Å². The number of carbonyl (C=O) groups is 2. The van der Waals surface area contributed by atoms with Crippen LogP contribution in [0.1, 0.15) is 23.0 Å². The lowest BCUT2D eigenvalue weighted by Gasteiger charge is -2.10. The van der Waals surface area contributed by atoms with Crippen molar-refractivity contribution in [2.24, 2.45) is 0 Å². The number of carboxylic acid groups (broad SMARTS) is 1. The first-order valence-corrected chi connectivity index (χ1v) is 4.97. The van der Waals surface area contributed by atoms with Crippen LogP contribution in [0, 0.1) is 17.0 Å². The Morgan fingerprint density at radius 3 is 2.67 bits per heavy atom. The van der Waals surface area contributed by atoms with Gasteiger partial charge in [0.2, 0.25) is 0 Å². The molecular formula is C10H11N3O5. The summed E-state index contributed by atoms with van der Waals surface area (Å²) in [6.45, 7) is 2.80. The highest BCUT2D eigenvalue weighted by Crippen LogP contribution is 2.14. The molecule has 1 aromatic heterocycles. The highest BCUT2D eigenvalue weighted by Gasteiger charge is 2.19. The molecule has 0 saturated heterocycles. The monoisotopic (exact) mass is 253 g/mol. The van der Waals surface area contributed by atoms with Gasteiger partial charge in [-0.25, -0.2) is 0 Å². The van der Waals surface area contributed by atoms with Gasteiger partial charge in [0.25, 0.3) is 11.6 Å². The number of hydrogen-bond acceptors (Lipinski definition) is 5. The van der Waals surface area contributed by atoms with Gasteiger partial charge in [0.05, 0.1) is 16.2 Å². The summed E-state index contributed by atoms with van der Waals surface area (Å²) in [5.41, 5.74) is -0.0540. The maximum Gasteiger partial charge on any atom is 0.325 e. The Labute approximate surface area is 102 Å². The van der Waals surface area contributed by atoms with Crippen LogP contribution in [-0.4, -0.2) is 32.9 Å².